The Morgan fingerprint density at radius 3 is 0.861 bits per heavy atom. The topological polar surface area (TPSA) is 365 Å². The van der Waals surface area contributed by atoms with Gasteiger partial charge in [-0.15, -0.1) is 0 Å². The van der Waals surface area contributed by atoms with Gasteiger partial charge in [0.25, 0.3) is 29.5 Å². The molecule has 4 aliphatic rings. The zero-order valence-electron chi connectivity index (χ0n) is 81.0. The first-order chi connectivity index (χ1) is 69.6. The van der Waals surface area contributed by atoms with Gasteiger partial charge in [0.05, 0.1) is 58.3 Å². The van der Waals surface area contributed by atoms with Gasteiger partial charge in [-0.25, -0.2) is 9.59 Å². The van der Waals surface area contributed by atoms with Crippen molar-refractivity contribution >= 4 is 99.6 Å². The Kier molecular flexibility index (Phi) is 33.1. The summed E-state index contributed by atoms with van der Waals surface area (Å²) in [6, 6.07) is 84.7. The van der Waals surface area contributed by atoms with E-state index in [2.05, 4.69) is 31.9 Å². The highest BCUT2D eigenvalue weighted by Gasteiger charge is 2.43. The lowest BCUT2D eigenvalue weighted by Gasteiger charge is -2.40. The number of nitrogens with zero attached hydrogens (tertiary/aromatic N) is 8. The minimum atomic E-state index is -0.883. The number of piperazine rings is 4. The molecular weight excluding hydrogens is 1830 g/mol. The van der Waals surface area contributed by atoms with Gasteiger partial charge >= 0.3 is 12.1 Å². The Morgan fingerprint density at radius 1 is 0.285 bits per heavy atom. The summed E-state index contributed by atoms with van der Waals surface area (Å²) in [5.74, 6) is 0.644. The van der Waals surface area contributed by atoms with Crippen LogP contribution in [0.4, 0.5) is 38.0 Å². The molecule has 4 unspecified atom stereocenters. The zero-order chi connectivity index (χ0) is 101. The standard InChI is InChI=1S/C31H29N3O5.C30H28N4O4.C27H30N4O4.C25H25N3O4/c1-21-8-12-25(13-9-21)32-29(35)27-20-33(16-17-34(27)31(37)22-10-14-26(38-2)15-11-22)30(36)24-6-3-5-23(19-24)28-7-4-18-39-28;1-21-12-14-25(15-13-21)31-28(35)26-20-33(16-17-34(26)30(37)32-24-9-3-2-4-10-24)29(36)23-8-5-7-22(19-23)27-11-6-18-38-27;1-18(2)28-27(34)31-14-13-30(17-23(31)25(32)29-22-11-9-19(3)10-12-22)26(33)21-7-4-6-20(16-21)24-8-5-15-35-24;1-17-8-10-21(11-9-17)26-24(30)22-16-27(12-13-28(22)18(2)29)25(31)20-6-3-5-19(15-20)23-7-4-14-32-23/h3-15,18-19,27H,16-17,20H2,1-2H3,(H,32,35);2-15,18-19,26H,16-17,20H2,1H3,(H,31,35)(H,32,37);4-12,15-16,18,23H,13-14,17H2,1-3H3,(H,28,34)(H,29,32);3-11,14-15,22H,12-13,16H2,1-2H3,(H,26,30). The largest absolute Gasteiger partial charge is 0.497 e. The average Bonchev–Trinajstić information content (AvgIpc) is 0.974. The average molecular weight is 1940 g/mol. The summed E-state index contributed by atoms with van der Waals surface area (Å²) in [6.45, 7) is 15.6. The molecule has 144 heavy (non-hydrogen) atoms. The number of ether oxygens (including phenoxy) is 1. The van der Waals surface area contributed by atoms with Gasteiger partial charge < -0.3 is 93.5 Å². The number of methoxy groups -OCH3 is 1. The highest BCUT2D eigenvalue weighted by Crippen LogP contribution is 2.31. The summed E-state index contributed by atoms with van der Waals surface area (Å²) in [6.07, 6.45) is 6.34. The Morgan fingerprint density at radius 2 is 0.569 bits per heavy atom. The molecule has 31 nitrogen and oxygen atoms in total. The summed E-state index contributed by atoms with van der Waals surface area (Å²) in [5.41, 5.74) is 13.0. The van der Waals surface area contributed by atoms with Crippen LogP contribution in [0.25, 0.3) is 45.3 Å². The van der Waals surface area contributed by atoms with Gasteiger partial charge in [0.2, 0.25) is 29.5 Å². The predicted octanol–water partition coefficient (Wildman–Crippen LogP) is 17.8. The molecule has 31 heteroatoms. The van der Waals surface area contributed by atoms with Gasteiger partial charge in [-0.1, -0.05) is 138 Å². The summed E-state index contributed by atoms with van der Waals surface area (Å²) < 4.78 is 27.0. The molecule has 0 spiro atoms. The second kappa shape index (κ2) is 47.3. The fourth-order valence-electron chi connectivity index (χ4n) is 17.0. The number of carbonyl (C=O) groups is 12. The van der Waals surface area contributed by atoms with E-state index in [9.17, 15) is 57.5 Å². The van der Waals surface area contributed by atoms with Crippen molar-refractivity contribution in [1.29, 1.82) is 0 Å². The molecule has 8 heterocycles. The number of aryl methyl sites for hydroxylation is 4. The maximum Gasteiger partial charge on any atom is 0.322 e. The molecule has 0 bridgehead atoms. The van der Waals surface area contributed by atoms with Crippen LogP contribution < -0.4 is 36.6 Å². The number of urea groups is 2. The molecule has 0 saturated carbocycles. The van der Waals surface area contributed by atoms with Crippen LogP contribution in [0, 0.1) is 27.7 Å². The number of benzene rings is 10. The summed E-state index contributed by atoms with van der Waals surface area (Å²) in [5, 5.41) is 17.3. The molecule has 4 atom stereocenters. The molecule has 4 saturated heterocycles. The van der Waals surface area contributed by atoms with Crippen LogP contribution in [0.2, 0.25) is 0 Å². The third-order valence-corrected chi connectivity index (χ3v) is 24.8. The minimum absolute atomic E-state index is 0.0589. The normalized spacial score (nSPS) is 15.5. The first-order valence-electron chi connectivity index (χ1n) is 47.3. The van der Waals surface area contributed by atoms with Gasteiger partial charge in [0.15, 0.2) is 0 Å². The molecule has 0 aliphatic carbocycles. The van der Waals surface area contributed by atoms with Crippen molar-refractivity contribution in [2.75, 3.05) is 112 Å². The number of hydrogen-bond donors (Lipinski definition) is 6. The van der Waals surface area contributed by atoms with Crippen LogP contribution in [0.1, 0.15) is 94.8 Å². The fraction of sp³-hybridized carbons (Fsp3) is 0.221. The van der Waals surface area contributed by atoms with Gasteiger partial charge in [0.1, 0.15) is 53.0 Å². The SMILES string of the molecule is CC(=O)N1CCN(C(=O)c2cccc(-c3ccco3)c2)CC1C(=O)Nc1ccc(C)cc1.COc1ccc(C(=O)N2CCN(C(=O)c3cccc(-c4ccco4)c3)CC2C(=O)Nc2ccc(C)cc2)cc1.Cc1ccc(NC(=O)C2CN(C(=O)c3cccc(-c4ccco4)c3)CCN2C(=O)NC(C)C)cc1.Cc1ccc(NC(=O)C2CN(C(=O)c3cccc(-c4ccco4)c3)CCN2C(=O)Nc2ccccc2)cc1. The molecule has 14 amide bonds. The minimum Gasteiger partial charge on any atom is -0.497 e. The molecule has 10 aromatic carbocycles. The van der Waals surface area contributed by atoms with Crippen molar-refractivity contribution in [1.82, 2.24) is 44.5 Å². The van der Waals surface area contributed by atoms with Crippen LogP contribution in [0.5, 0.6) is 5.75 Å². The molecule has 4 fully saturated rings. The molecular formula is C113H112N14O17. The fourth-order valence-corrected chi connectivity index (χ4v) is 17.0. The highest BCUT2D eigenvalue weighted by atomic mass is 16.5. The van der Waals surface area contributed by atoms with Crippen LogP contribution in [-0.4, -0.2) is 226 Å². The maximum atomic E-state index is 13.5. The maximum absolute atomic E-state index is 13.5. The van der Waals surface area contributed by atoms with Crippen molar-refractivity contribution in [2.24, 2.45) is 0 Å². The molecule has 4 aliphatic heterocycles. The number of anilines is 5. The lowest BCUT2D eigenvalue weighted by molar-refractivity contribution is -0.139. The number of furan rings is 4. The van der Waals surface area contributed by atoms with Gasteiger partial charge in [-0.05, 0) is 224 Å². The number of amides is 14. The second-order valence-corrected chi connectivity index (χ2v) is 35.4. The Bertz CT molecular complexity index is 6820. The first-order valence-corrected chi connectivity index (χ1v) is 47.3. The van der Waals surface area contributed by atoms with Gasteiger partial charge in [-0.2, -0.15) is 0 Å². The van der Waals surface area contributed by atoms with Crippen LogP contribution in [0.3, 0.4) is 0 Å². The lowest BCUT2D eigenvalue weighted by atomic mass is 10.0. The van der Waals surface area contributed by atoms with E-state index in [-0.39, 0.29) is 117 Å². The van der Waals surface area contributed by atoms with E-state index in [4.69, 9.17) is 22.4 Å². The second-order valence-electron chi connectivity index (χ2n) is 35.4. The number of carbonyl (C=O) groups excluding carboxylic acids is 12. The Hall–Kier alpha value is -17.6. The van der Waals surface area contributed by atoms with E-state index in [0.29, 0.717) is 118 Å². The van der Waals surface area contributed by atoms with Crippen LogP contribution in [-0.2, 0) is 24.0 Å². The summed E-state index contributed by atoms with van der Waals surface area (Å²) >= 11 is 0. The van der Waals surface area contributed by atoms with Crippen molar-refractivity contribution < 1.29 is 79.9 Å². The zero-order valence-corrected chi connectivity index (χ0v) is 81.0. The van der Waals surface area contributed by atoms with Gasteiger partial charge in [0, 0.05) is 144 Å². The number of hydrogen-bond acceptors (Lipinski definition) is 17. The number of nitrogens with one attached hydrogen (secondary N) is 6. The molecule has 6 N–H and O–H groups in total. The Labute approximate surface area is 833 Å². The molecule has 4 aromatic heterocycles. The molecule has 736 valence electrons. The van der Waals surface area contributed by atoms with Crippen molar-refractivity contribution in [3.8, 4) is 51.0 Å². The van der Waals surface area contributed by atoms with Gasteiger partial charge in [-0.3, -0.25) is 47.9 Å². The smallest absolute Gasteiger partial charge is 0.322 e. The molecule has 14 aromatic rings. The summed E-state index contributed by atoms with van der Waals surface area (Å²) in [4.78, 5) is 171. The summed E-state index contributed by atoms with van der Waals surface area (Å²) in [7, 11) is 1.56. The van der Waals surface area contributed by atoms with E-state index in [1.807, 2.05) is 205 Å². The van der Waals surface area contributed by atoms with Crippen molar-refractivity contribution in [2.45, 2.75) is 78.7 Å². The third-order valence-electron chi connectivity index (χ3n) is 24.8. The third kappa shape index (κ3) is 25.9. The quantitative estimate of drug-likeness (QED) is 0.0413. The van der Waals surface area contributed by atoms with E-state index >= 15 is 0 Å². The van der Waals surface area contributed by atoms with E-state index in [0.717, 1.165) is 44.5 Å². The number of para-hydroxylation sites is 1. The van der Waals surface area contributed by atoms with Crippen molar-refractivity contribution in [3.05, 3.63) is 372 Å². The van der Waals surface area contributed by atoms with E-state index in [1.54, 1.807) is 185 Å². The lowest BCUT2D eigenvalue weighted by Crippen LogP contribution is -2.62. The molecule has 0 radical (unpaired) electrons. The van der Waals surface area contributed by atoms with E-state index in [1.165, 1.54) is 26.5 Å². The van der Waals surface area contributed by atoms with Crippen molar-refractivity contribution in [3.63, 3.8) is 0 Å². The predicted molar refractivity (Wildman–Crippen MR) is 549 cm³/mol. The highest BCUT2D eigenvalue weighted by molar-refractivity contribution is 6.06. The first kappa shape index (κ1) is 101. The van der Waals surface area contributed by atoms with Crippen LogP contribution >= 0.6 is 0 Å². The monoisotopic (exact) mass is 1940 g/mol. The Balaban J connectivity index is 0.000000145. The van der Waals surface area contributed by atoms with E-state index < -0.39 is 30.2 Å². The molecule has 18 rings (SSSR count). The number of rotatable bonds is 20. The van der Waals surface area contributed by atoms with Crippen LogP contribution in [0.15, 0.2) is 340 Å².